The maximum Gasteiger partial charge on any atom is 0.0702 e. The fourth-order valence-electron chi connectivity index (χ4n) is 2.34. The van der Waals surface area contributed by atoms with Gasteiger partial charge in [-0.2, -0.15) is 0 Å². The van der Waals surface area contributed by atoms with E-state index in [2.05, 4.69) is 39.9 Å². The van der Waals surface area contributed by atoms with Gasteiger partial charge < -0.3 is 5.73 Å². The van der Waals surface area contributed by atoms with Crippen LogP contribution in [0.3, 0.4) is 0 Å². The van der Waals surface area contributed by atoms with Gasteiger partial charge in [-0.05, 0) is 54.4 Å². The average molecular weight is 289 g/mol. The van der Waals surface area contributed by atoms with Crippen molar-refractivity contribution in [2.45, 2.75) is 31.8 Å². The van der Waals surface area contributed by atoms with Crippen molar-refractivity contribution in [3.8, 4) is 0 Å². The summed E-state index contributed by atoms with van der Waals surface area (Å²) in [5.41, 5.74) is 5.91. The third-order valence-corrected chi connectivity index (χ3v) is 4.88. The average Bonchev–Trinajstić information content (AvgIpc) is 2.79. The molecule has 1 fully saturated rings. The topological polar surface area (TPSA) is 29.3 Å². The summed E-state index contributed by atoms with van der Waals surface area (Å²) < 4.78 is 1.20. The van der Waals surface area contributed by atoms with Gasteiger partial charge in [-0.1, -0.05) is 0 Å². The van der Waals surface area contributed by atoms with Crippen molar-refractivity contribution in [3.05, 3.63) is 20.8 Å². The summed E-state index contributed by atoms with van der Waals surface area (Å²) in [4.78, 5) is 3.93. The molecule has 15 heavy (non-hydrogen) atoms. The van der Waals surface area contributed by atoms with Crippen molar-refractivity contribution in [2.75, 3.05) is 13.1 Å². The molecule has 1 saturated heterocycles. The number of nitrogens with zero attached hydrogens (tertiary/aromatic N) is 1. The Hall–Kier alpha value is 0.1000. The van der Waals surface area contributed by atoms with Crippen molar-refractivity contribution < 1.29 is 0 Å². The van der Waals surface area contributed by atoms with E-state index in [1.54, 1.807) is 11.3 Å². The molecule has 2 nitrogen and oxygen atoms in total. The first-order chi connectivity index (χ1) is 7.22. The van der Waals surface area contributed by atoms with Crippen LogP contribution in [0, 0.1) is 0 Å². The van der Waals surface area contributed by atoms with Gasteiger partial charge in [0, 0.05) is 17.5 Å². The first kappa shape index (κ1) is 11.6. The highest BCUT2D eigenvalue weighted by Gasteiger charge is 2.28. The molecule has 1 aliphatic rings. The van der Waals surface area contributed by atoms with Gasteiger partial charge >= 0.3 is 0 Å². The van der Waals surface area contributed by atoms with E-state index in [9.17, 15) is 0 Å². The largest absolute Gasteiger partial charge is 0.329 e. The van der Waals surface area contributed by atoms with Gasteiger partial charge in [-0.15, -0.1) is 11.3 Å². The number of likely N-dealkylation sites (tertiary alicyclic amines) is 1. The van der Waals surface area contributed by atoms with Gasteiger partial charge in [0.05, 0.1) is 9.83 Å². The number of hydrogen-bond acceptors (Lipinski definition) is 3. The van der Waals surface area contributed by atoms with E-state index >= 15 is 0 Å². The van der Waals surface area contributed by atoms with Gasteiger partial charge in [0.25, 0.3) is 0 Å². The summed E-state index contributed by atoms with van der Waals surface area (Å²) in [6.45, 7) is 4.22. The molecule has 84 valence electrons. The minimum absolute atomic E-state index is 0.416. The lowest BCUT2D eigenvalue weighted by Gasteiger charge is -2.29. The van der Waals surface area contributed by atoms with Crippen LogP contribution in [0.1, 0.15) is 30.7 Å². The van der Waals surface area contributed by atoms with Gasteiger partial charge in [0.1, 0.15) is 0 Å². The molecular formula is C11H17BrN2S. The molecular weight excluding hydrogens is 272 g/mol. The number of hydrogen-bond donors (Lipinski definition) is 1. The van der Waals surface area contributed by atoms with Gasteiger partial charge in [-0.25, -0.2) is 0 Å². The third kappa shape index (κ3) is 2.44. The summed E-state index contributed by atoms with van der Waals surface area (Å²) in [6.07, 6.45) is 2.62. The first-order valence-electron chi connectivity index (χ1n) is 5.43. The van der Waals surface area contributed by atoms with Crippen LogP contribution in [0.2, 0.25) is 0 Å². The molecule has 2 heterocycles. The molecule has 0 bridgehead atoms. The molecule has 0 saturated carbocycles. The van der Waals surface area contributed by atoms with Crippen LogP contribution in [0.4, 0.5) is 0 Å². The second-order valence-corrected chi connectivity index (χ2v) is 6.62. The van der Waals surface area contributed by atoms with E-state index < -0.39 is 0 Å². The summed E-state index contributed by atoms with van der Waals surface area (Å²) in [5, 5.41) is 0. The zero-order chi connectivity index (χ0) is 10.8. The highest BCUT2D eigenvalue weighted by Crippen LogP contribution is 2.34. The van der Waals surface area contributed by atoms with Crippen molar-refractivity contribution in [2.24, 2.45) is 5.73 Å². The fraction of sp³-hybridized carbons (Fsp3) is 0.636. The lowest BCUT2D eigenvalue weighted by molar-refractivity contribution is 0.198. The lowest BCUT2D eigenvalue weighted by atomic mass is 10.2. The molecule has 0 aliphatic carbocycles. The van der Waals surface area contributed by atoms with Gasteiger partial charge in [0.15, 0.2) is 0 Å². The van der Waals surface area contributed by atoms with Crippen LogP contribution < -0.4 is 5.73 Å². The van der Waals surface area contributed by atoms with Crippen LogP contribution in [0.25, 0.3) is 0 Å². The molecule has 0 aromatic carbocycles. The van der Waals surface area contributed by atoms with E-state index in [1.807, 2.05) is 0 Å². The summed E-state index contributed by atoms with van der Waals surface area (Å²) >= 11 is 5.32. The molecule has 0 amide bonds. The Bertz CT molecular complexity index is 326. The van der Waals surface area contributed by atoms with E-state index in [0.29, 0.717) is 12.1 Å². The van der Waals surface area contributed by atoms with E-state index in [-0.39, 0.29) is 0 Å². The number of nitrogens with two attached hydrogens (primary N) is 1. The maximum atomic E-state index is 5.91. The molecule has 1 aromatic heterocycles. The van der Waals surface area contributed by atoms with Crippen molar-refractivity contribution >= 4 is 27.3 Å². The summed E-state index contributed by atoms with van der Waals surface area (Å²) in [5.74, 6) is 0. The van der Waals surface area contributed by atoms with E-state index in [0.717, 1.165) is 6.54 Å². The predicted molar refractivity (Wildman–Crippen MR) is 69.2 cm³/mol. The molecule has 2 N–H and O–H groups in total. The van der Waals surface area contributed by atoms with Crippen LogP contribution in [-0.4, -0.2) is 24.0 Å². The molecule has 1 aliphatic heterocycles. The normalized spacial score (nSPS) is 24.6. The number of halogens is 1. The summed E-state index contributed by atoms with van der Waals surface area (Å²) in [7, 11) is 0. The summed E-state index contributed by atoms with van der Waals surface area (Å²) in [6, 6.07) is 5.40. The monoisotopic (exact) mass is 288 g/mol. The Morgan fingerprint density at radius 2 is 2.47 bits per heavy atom. The predicted octanol–water partition coefficient (Wildman–Crippen LogP) is 2.99. The Balaban J connectivity index is 2.16. The maximum absolute atomic E-state index is 5.91. The molecule has 0 spiro atoms. The number of thiophene rings is 1. The molecule has 2 rings (SSSR count). The minimum Gasteiger partial charge on any atom is -0.329 e. The zero-order valence-electron chi connectivity index (χ0n) is 8.95. The first-order valence-corrected chi connectivity index (χ1v) is 7.04. The SMILES string of the molecule is CC1CCCN1C(CN)c1ccc(Br)s1. The fourth-order valence-corrected chi connectivity index (χ4v) is 3.90. The highest BCUT2D eigenvalue weighted by atomic mass is 79.9. The molecule has 2 atom stereocenters. The van der Waals surface area contributed by atoms with E-state index in [1.165, 1.54) is 28.0 Å². The highest BCUT2D eigenvalue weighted by molar-refractivity contribution is 9.11. The Kier molecular flexibility index (Phi) is 3.83. The van der Waals surface area contributed by atoms with Crippen LogP contribution in [0.15, 0.2) is 15.9 Å². The second-order valence-electron chi connectivity index (χ2n) is 4.12. The van der Waals surface area contributed by atoms with Gasteiger partial charge in [0.2, 0.25) is 0 Å². The number of rotatable bonds is 3. The molecule has 2 unspecified atom stereocenters. The minimum atomic E-state index is 0.416. The standard InChI is InChI=1S/C11H17BrN2S/c1-8-3-2-6-14(8)9(7-13)10-4-5-11(12)15-10/h4-5,8-9H,2-3,6-7,13H2,1H3. The Morgan fingerprint density at radius 3 is 2.93 bits per heavy atom. The zero-order valence-corrected chi connectivity index (χ0v) is 11.4. The van der Waals surface area contributed by atoms with Gasteiger partial charge in [-0.3, -0.25) is 4.90 Å². The lowest BCUT2D eigenvalue weighted by Crippen LogP contribution is -2.35. The quantitative estimate of drug-likeness (QED) is 0.927. The van der Waals surface area contributed by atoms with E-state index in [4.69, 9.17) is 5.73 Å². The van der Waals surface area contributed by atoms with Crippen LogP contribution >= 0.6 is 27.3 Å². The van der Waals surface area contributed by atoms with Crippen molar-refractivity contribution in [1.29, 1.82) is 0 Å². The molecule has 1 aromatic rings. The molecule has 0 radical (unpaired) electrons. The Morgan fingerprint density at radius 1 is 1.67 bits per heavy atom. The third-order valence-electron chi connectivity index (χ3n) is 3.15. The Labute approximate surface area is 104 Å². The van der Waals surface area contributed by atoms with Crippen LogP contribution in [0.5, 0.6) is 0 Å². The van der Waals surface area contributed by atoms with Crippen molar-refractivity contribution in [3.63, 3.8) is 0 Å². The smallest absolute Gasteiger partial charge is 0.0702 e. The van der Waals surface area contributed by atoms with Crippen LogP contribution in [-0.2, 0) is 0 Å². The van der Waals surface area contributed by atoms with Crippen molar-refractivity contribution in [1.82, 2.24) is 4.90 Å². The molecule has 4 heteroatoms. The second kappa shape index (κ2) is 4.95.